The van der Waals surface area contributed by atoms with Gasteiger partial charge >= 0.3 is 0 Å². The van der Waals surface area contributed by atoms with Gasteiger partial charge in [-0.05, 0) is 0 Å². The summed E-state index contributed by atoms with van der Waals surface area (Å²) in [5.74, 6) is 1.61. The van der Waals surface area contributed by atoms with Crippen molar-refractivity contribution in [1.29, 1.82) is 0 Å². The Kier molecular flexibility index (Phi) is 3.75. The zero-order valence-electron chi connectivity index (χ0n) is 10.4. The summed E-state index contributed by atoms with van der Waals surface area (Å²) in [7, 11) is 5.24. The molecule has 0 saturated carbocycles. The molecule has 0 radical (unpaired) electrons. The molecule has 0 spiro atoms. The van der Waals surface area contributed by atoms with Gasteiger partial charge in [0.2, 0.25) is 0 Å². The number of methoxy groups -OCH3 is 2. The van der Waals surface area contributed by atoms with Crippen LogP contribution in [0.25, 0.3) is 0 Å². The van der Waals surface area contributed by atoms with Crippen molar-refractivity contribution in [3.8, 4) is 0 Å². The average Bonchev–Trinajstić information content (AvgIpc) is 2.82. The smallest absolute Gasteiger partial charge is 0.149 e. The molecule has 1 aromatic heterocycles. The Labute approximate surface area is 101 Å². The molecule has 1 aromatic rings. The van der Waals surface area contributed by atoms with Crippen molar-refractivity contribution in [3.05, 3.63) is 12.4 Å². The van der Waals surface area contributed by atoms with Gasteiger partial charge in [-0.25, -0.2) is 4.98 Å². The standard InChI is InChI=1S/C11H18N4O2/c1-12-10-4-13-5-11(14-10)15-6-8(16-2)9(7-15)17-3/h4-5,8-9H,6-7H2,1-3H3,(H,12,14). The van der Waals surface area contributed by atoms with Crippen LogP contribution in [0.2, 0.25) is 0 Å². The van der Waals surface area contributed by atoms with Gasteiger partial charge < -0.3 is 19.7 Å². The number of aromatic nitrogens is 2. The van der Waals surface area contributed by atoms with E-state index in [1.54, 1.807) is 26.6 Å². The van der Waals surface area contributed by atoms with E-state index in [1.165, 1.54) is 0 Å². The van der Waals surface area contributed by atoms with Gasteiger partial charge in [-0.3, -0.25) is 4.98 Å². The average molecular weight is 238 g/mol. The molecule has 1 aliphatic heterocycles. The van der Waals surface area contributed by atoms with E-state index in [9.17, 15) is 0 Å². The number of hydrogen-bond acceptors (Lipinski definition) is 6. The first-order valence-electron chi connectivity index (χ1n) is 5.58. The third-order valence-corrected chi connectivity index (χ3v) is 3.02. The number of anilines is 2. The molecule has 0 aromatic carbocycles. The molecular weight excluding hydrogens is 220 g/mol. The molecule has 2 heterocycles. The Bertz CT molecular complexity index is 362. The molecule has 2 atom stereocenters. The fourth-order valence-electron chi connectivity index (χ4n) is 2.01. The summed E-state index contributed by atoms with van der Waals surface area (Å²) < 4.78 is 10.8. The van der Waals surface area contributed by atoms with E-state index in [-0.39, 0.29) is 12.2 Å². The fraction of sp³-hybridized carbons (Fsp3) is 0.636. The van der Waals surface area contributed by atoms with Crippen LogP contribution in [0.15, 0.2) is 12.4 Å². The second kappa shape index (κ2) is 5.29. The quantitative estimate of drug-likeness (QED) is 0.817. The molecule has 17 heavy (non-hydrogen) atoms. The number of rotatable bonds is 4. The lowest BCUT2D eigenvalue weighted by atomic mass is 10.3. The number of nitrogens with zero attached hydrogens (tertiary/aromatic N) is 3. The van der Waals surface area contributed by atoms with Crippen LogP contribution in [0.1, 0.15) is 0 Å². The maximum Gasteiger partial charge on any atom is 0.149 e. The summed E-state index contributed by atoms with van der Waals surface area (Å²) in [6.07, 6.45) is 3.62. The van der Waals surface area contributed by atoms with E-state index in [4.69, 9.17) is 9.47 Å². The van der Waals surface area contributed by atoms with Gasteiger partial charge in [0.1, 0.15) is 23.8 Å². The molecule has 0 amide bonds. The van der Waals surface area contributed by atoms with E-state index < -0.39 is 0 Å². The predicted molar refractivity (Wildman–Crippen MR) is 65.4 cm³/mol. The zero-order chi connectivity index (χ0) is 12.3. The summed E-state index contributed by atoms with van der Waals surface area (Å²) >= 11 is 0. The Morgan fingerprint density at radius 2 is 1.88 bits per heavy atom. The third kappa shape index (κ3) is 2.48. The Balaban J connectivity index is 2.13. The fourth-order valence-corrected chi connectivity index (χ4v) is 2.01. The van der Waals surface area contributed by atoms with Crippen molar-refractivity contribution in [2.24, 2.45) is 0 Å². The van der Waals surface area contributed by atoms with Crippen molar-refractivity contribution in [1.82, 2.24) is 9.97 Å². The Morgan fingerprint density at radius 1 is 1.24 bits per heavy atom. The molecule has 1 aliphatic rings. The molecule has 1 saturated heterocycles. The van der Waals surface area contributed by atoms with Crippen LogP contribution in [-0.4, -0.2) is 56.5 Å². The van der Waals surface area contributed by atoms with E-state index >= 15 is 0 Å². The largest absolute Gasteiger partial charge is 0.377 e. The van der Waals surface area contributed by atoms with Gasteiger partial charge in [0.05, 0.1) is 12.4 Å². The molecule has 2 unspecified atom stereocenters. The number of nitrogens with one attached hydrogen (secondary N) is 1. The van der Waals surface area contributed by atoms with Crippen LogP contribution in [0.4, 0.5) is 11.6 Å². The predicted octanol–water partition coefficient (Wildman–Crippen LogP) is 0.368. The highest BCUT2D eigenvalue weighted by molar-refractivity contribution is 5.44. The van der Waals surface area contributed by atoms with Crippen LogP contribution < -0.4 is 10.2 Å². The van der Waals surface area contributed by atoms with Crippen molar-refractivity contribution in [2.75, 3.05) is 44.6 Å². The molecule has 1 fully saturated rings. The highest BCUT2D eigenvalue weighted by Crippen LogP contribution is 2.21. The Hall–Kier alpha value is -1.40. The summed E-state index contributed by atoms with van der Waals surface area (Å²) in [6.45, 7) is 1.55. The highest BCUT2D eigenvalue weighted by Gasteiger charge is 2.33. The molecule has 1 N–H and O–H groups in total. The summed E-state index contributed by atoms with van der Waals surface area (Å²) in [5, 5.41) is 2.98. The first-order chi connectivity index (χ1) is 8.28. The first-order valence-corrected chi connectivity index (χ1v) is 5.58. The minimum absolute atomic E-state index is 0.0834. The SMILES string of the molecule is CNc1cncc(N2CC(OC)C(OC)C2)n1. The van der Waals surface area contributed by atoms with Crippen molar-refractivity contribution in [2.45, 2.75) is 12.2 Å². The van der Waals surface area contributed by atoms with E-state index in [0.717, 1.165) is 24.7 Å². The highest BCUT2D eigenvalue weighted by atomic mass is 16.5. The van der Waals surface area contributed by atoms with Gasteiger partial charge in [0.15, 0.2) is 0 Å². The van der Waals surface area contributed by atoms with Gasteiger partial charge in [-0.15, -0.1) is 0 Å². The van der Waals surface area contributed by atoms with E-state index in [1.807, 2.05) is 7.05 Å². The number of hydrogen-bond donors (Lipinski definition) is 1. The Morgan fingerprint density at radius 3 is 2.41 bits per heavy atom. The molecular formula is C11H18N4O2. The summed E-state index contributed by atoms with van der Waals surface area (Å²) in [5.41, 5.74) is 0. The van der Waals surface area contributed by atoms with Crippen LogP contribution in [0.3, 0.4) is 0 Å². The molecule has 6 nitrogen and oxygen atoms in total. The zero-order valence-corrected chi connectivity index (χ0v) is 10.4. The second-order valence-electron chi connectivity index (χ2n) is 3.97. The minimum atomic E-state index is 0.0834. The lowest BCUT2D eigenvalue weighted by molar-refractivity contribution is -0.00461. The molecule has 6 heteroatoms. The normalized spacial score (nSPS) is 24.1. The third-order valence-electron chi connectivity index (χ3n) is 3.02. The van der Waals surface area contributed by atoms with Crippen LogP contribution in [0, 0.1) is 0 Å². The molecule has 0 aliphatic carbocycles. The van der Waals surface area contributed by atoms with E-state index in [0.29, 0.717) is 0 Å². The summed E-state index contributed by atoms with van der Waals surface area (Å²) in [4.78, 5) is 10.7. The van der Waals surface area contributed by atoms with Gasteiger partial charge in [0, 0.05) is 34.4 Å². The van der Waals surface area contributed by atoms with Crippen LogP contribution in [-0.2, 0) is 9.47 Å². The molecule has 2 rings (SSSR count). The lowest BCUT2D eigenvalue weighted by Gasteiger charge is -2.16. The van der Waals surface area contributed by atoms with E-state index in [2.05, 4.69) is 20.2 Å². The van der Waals surface area contributed by atoms with Crippen molar-refractivity contribution in [3.63, 3.8) is 0 Å². The van der Waals surface area contributed by atoms with Crippen molar-refractivity contribution >= 4 is 11.6 Å². The lowest BCUT2D eigenvalue weighted by Crippen LogP contribution is -2.27. The van der Waals surface area contributed by atoms with Crippen molar-refractivity contribution < 1.29 is 9.47 Å². The maximum atomic E-state index is 5.39. The van der Waals surface area contributed by atoms with Gasteiger partial charge in [0.25, 0.3) is 0 Å². The molecule has 94 valence electrons. The number of ether oxygens (including phenoxy) is 2. The first kappa shape index (κ1) is 12.1. The van der Waals surface area contributed by atoms with Crippen LogP contribution >= 0.6 is 0 Å². The molecule has 0 bridgehead atoms. The minimum Gasteiger partial charge on any atom is -0.377 e. The van der Waals surface area contributed by atoms with Crippen LogP contribution in [0.5, 0.6) is 0 Å². The van der Waals surface area contributed by atoms with Gasteiger partial charge in [-0.1, -0.05) is 0 Å². The summed E-state index contributed by atoms with van der Waals surface area (Å²) in [6, 6.07) is 0. The van der Waals surface area contributed by atoms with Gasteiger partial charge in [-0.2, -0.15) is 0 Å². The monoisotopic (exact) mass is 238 g/mol. The second-order valence-corrected chi connectivity index (χ2v) is 3.97. The maximum absolute atomic E-state index is 5.39. The topological polar surface area (TPSA) is 59.5 Å².